The number of imidazole rings is 2. The molecule has 30 heavy (non-hydrogen) atoms. The van der Waals surface area contributed by atoms with Crippen molar-refractivity contribution in [1.82, 2.24) is 28.9 Å². The van der Waals surface area contributed by atoms with Crippen molar-refractivity contribution in [2.45, 2.75) is 32.4 Å². The summed E-state index contributed by atoms with van der Waals surface area (Å²) in [6.45, 7) is 5.95. The Morgan fingerprint density at radius 2 is 1.77 bits per heavy atom. The molecule has 2 aromatic heterocycles. The van der Waals surface area contributed by atoms with E-state index in [0.717, 1.165) is 44.2 Å². The van der Waals surface area contributed by atoms with E-state index in [2.05, 4.69) is 55.2 Å². The highest BCUT2D eigenvalue weighted by atomic mass is 16.2. The summed E-state index contributed by atoms with van der Waals surface area (Å²) in [6, 6.07) is 10.6. The van der Waals surface area contributed by atoms with Crippen molar-refractivity contribution in [3.8, 4) is 0 Å². The fourth-order valence-corrected chi connectivity index (χ4v) is 4.26. The molecule has 7 nitrogen and oxygen atoms in total. The van der Waals surface area contributed by atoms with E-state index in [0.29, 0.717) is 13.0 Å². The maximum atomic E-state index is 12.8. The summed E-state index contributed by atoms with van der Waals surface area (Å²) in [4.78, 5) is 26.2. The van der Waals surface area contributed by atoms with Crippen LogP contribution < -0.4 is 0 Å². The van der Waals surface area contributed by atoms with Crippen molar-refractivity contribution < 1.29 is 4.79 Å². The fourth-order valence-electron chi connectivity index (χ4n) is 4.26. The number of hydrogen-bond donors (Lipinski definition) is 0. The first-order valence-electron chi connectivity index (χ1n) is 10.7. The number of nitrogens with zero attached hydrogens (tertiary/aromatic N) is 6. The van der Waals surface area contributed by atoms with Crippen molar-refractivity contribution in [1.29, 1.82) is 0 Å². The van der Waals surface area contributed by atoms with Gasteiger partial charge in [-0.1, -0.05) is 37.3 Å². The van der Waals surface area contributed by atoms with Gasteiger partial charge in [0, 0.05) is 77.4 Å². The van der Waals surface area contributed by atoms with Gasteiger partial charge >= 0.3 is 0 Å². The van der Waals surface area contributed by atoms with Gasteiger partial charge in [0.2, 0.25) is 5.91 Å². The Labute approximate surface area is 178 Å². The first-order valence-corrected chi connectivity index (χ1v) is 10.7. The van der Waals surface area contributed by atoms with Crippen molar-refractivity contribution >= 4 is 5.91 Å². The van der Waals surface area contributed by atoms with Crippen LogP contribution in [0.25, 0.3) is 0 Å². The molecule has 1 fully saturated rings. The minimum atomic E-state index is 0.0986. The number of benzene rings is 1. The number of amides is 1. The number of carbonyl (C=O) groups is 1. The number of rotatable bonds is 7. The van der Waals surface area contributed by atoms with E-state index in [4.69, 9.17) is 0 Å². The molecule has 0 radical (unpaired) electrons. The van der Waals surface area contributed by atoms with Gasteiger partial charge in [-0.3, -0.25) is 9.69 Å². The first-order chi connectivity index (χ1) is 14.7. The molecule has 1 saturated heterocycles. The number of piperazine rings is 1. The summed E-state index contributed by atoms with van der Waals surface area (Å²) in [5.74, 6) is 2.29. The van der Waals surface area contributed by atoms with E-state index in [1.54, 1.807) is 0 Å². The quantitative estimate of drug-likeness (QED) is 0.605. The Hall–Kier alpha value is -2.93. The normalized spacial score (nSPS) is 16.0. The van der Waals surface area contributed by atoms with Gasteiger partial charge in [0.15, 0.2) is 0 Å². The molecule has 3 heterocycles. The highest BCUT2D eigenvalue weighted by Gasteiger charge is 2.30. The van der Waals surface area contributed by atoms with E-state index in [1.807, 2.05) is 42.8 Å². The Bertz CT molecular complexity index is 955. The van der Waals surface area contributed by atoms with E-state index < -0.39 is 0 Å². The van der Waals surface area contributed by atoms with Crippen LogP contribution in [0, 0.1) is 0 Å². The van der Waals surface area contributed by atoms with Crippen LogP contribution >= 0.6 is 0 Å². The van der Waals surface area contributed by atoms with E-state index in [1.165, 1.54) is 5.56 Å². The molecule has 0 aliphatic carbocycles. The Balaban J connectivity index is 1.40. The third-order valence-corrected chi connectivity index (χ3v) is 5.93. The second kappa shape index (κ2) is 9.26. The lowest BCUT2D eigenvalue weighted by molar-refractivity contribution is -0.133. The molecule has 0 saturated carbocycles. The zero-order valence-corrected chi connectivity index (χ0v) is 17.8. The number of aryl methyl sites for hydroxylation is 3. The Kier molecular flexibility index (Phi) is 6.28. The molecule has 1 atom stereocenters. The van der Waals surface area contributed by atoms with E-state index >= 15 is 0 Å². The highest BCUT2D eigenvalue weighted by Crippen LogP contribution is 2.28. The van der Waals surface area contributed by atoms with Crippen LogP contribution in [0.15, 0.2) is 55.1 Å². The van der Waals surface area contributed by atoms with Crippen LogP contribution in [-0.4, -0.2) is 61.0 Å². The number of hydrogen-bond acceptors (Lipinski definition) is 4. The smallest absolute Gasteiger partial charge is 0.224 e. The third-order valence-electron chi connectivity index (χ3n) is 5.93. The number of aromatic nitrogens is 4. The van der Waals surface area contributed by atoms with Crippen LogP contribution in [0.1, 0.15) is 36.6 Å². The second-order valence-corrected chi connectivity index (χ2v) is 7.77. The van der Waals surface area contributed by atoms with Crippen LogP contribution in [0.4, 0.5) is 0 Å². The lowest BCUT2D eigenvalue weighted by Crippen LogP contribution is -2.50. The predicted octanol–water partition coefficient (Wildman–Crippen LogP) is 2.50. The number of carbonyl (C=O) groups excluding carboxylic acids is 1. The SMILES string of the molecule is CCc1nccn1CCC(=O)N1CCN([C@@H](c2ccccc2)c2nccn2C)CC1. The summed E-state index contributed by atoms with van der Waals surface area (Å²) in [6.07, 6.45) is 9.01. The van der Waals surface area contributed by atoms with Crippen LogP contribution in [-0.2, 0) is 24.8 Å². The zero-order valence-electron chi connectivity index (χ0n) is 17.8. The van der Waals surface area contributed by atoms with E-state index in [9.17, 15) is 4.79 Å². The van der Waals surface area contributed by atoms with Crippen LogP contribution in [0.5, 0.6) is 0 Å². The minimum absolute atomic E-state index is 0.0986. The van der Waals surface area contributed by atoms with Crippen molar-refractivity contribution in [3.05, 3.63) is 72.3 Å². The zero-order chi connectivity index (χ0) is 20.9. The topological polar surface area (TPSA) is 59.2 Å². The van der Waals surface area contributed by atoms with Gasteiger partial charge in [0.1, 0.15) is 11.6 Å². The first kappa shape index (κ1) is 20.3. The molecule has 0 spiro atoms. The fraction of sp³-hybridized carbons (Fsp3) is 0.435. The minimum Gasteiger partial charge on any atom is -0.340 e. The van der Waals surface area contributed by atoms with Crippen LogP contribution in [0.2, 0.25) is 0 Å². The standard InChI is InChI=1S/C23H30N6O/c1-3-20-24-11-14-27(20)12-9-21(30)28-15-17-29(18-16-28)22(19-7-5-4-6-8-19)23-25-10-13-26(23)2/h4-8,10-11,13-14,22H,3,9,12,15-18H2,1-2H3/t22-/m0/s1. The van der Waals surface area contributed by atoms with Gasteiger partial charge in [-0.15, -0.1) is 0 Å². The Morgan fingerprint density at radius 3 is 2.43 bits per heavy atom. The molecule has 7 heteroatoms. The molecule has 0 N–H and O–H groups in total. The molecule has 3 aromatic rings. The molecular formula is C23H30N6O. The van der Waals surface area contributed by atoms with Gasteiger partial charge < -0.3 is 14.0 Å². The summed E-state index contributed by atoms with van der Waals surface area (Å²) >= 11 is 0. The maximum absolute atomic E-state index is 12.8. The van der Waals surface area contributed by atoms with Gasteiger partial charge in [0.05, 0.1) is 6.04 Å². The molecule has 1 aromatic carbocycles. The maximum Gasteiger partial charge on any atom is 0.224 e. The summed E-state index contributed by atoms with van der Waals surface area (Å²) < 4.78 is 4.17. The van der Waals surface area contributed by atoms with Crippen LogP contribution in [0.3, 0.4) is 0 Å². The third kappa shape index (κ3) is 4.31. The average molecular weight is 407 g/mol. The second-order valence-electron chi connectivity index (χ2n) is 7.77. The lowest BCUT2D eigenvalue weighted by Gasteiger charge is -2.39. The molecule has 0 bridgehead atoms. The van der Waals surface area contributed by atoms with Gasteiger partial charge in [-0.25, -0.2) is 9.97 Å². The summed E-state index contributed by atoms with van der Waals surface area (Å²) in [5.41, 5.74) is 1.23. The highest BCUT2D eigenvalue weighted by molar-refractivity contribution is 5.76. The molecule has 1 amide bonds. The Morgan fingerprint density at radius 1 is 1.03 bits per heavy atom. The summed E-state index contributed by atoms with van der Waals surface area (Å²) in [7, 11) is 2.04. The predicted molar refractivity (Wildman–Crippen MR) is 116 cm³/mol. The average Bonchev–Trinajstić information content (AvgIpc) is 3.42. The molecule has 1 aliphatic heterocycles. The molecule has 0 unspecified atom stereocenters. The van der Waals surface area contributed by atoms with Gasteiger partial charge in [-0.2, -0.15) is 0 Å². The van der Waals surface area contributed by atoms with Crippen molar-refractivity contribution in [2.75, 3.05) is 26.2 Å². The monoisotopic (exact) mass is 406 g/mol. The molecule has 4 rings (SSSR count). The van der Waals surface area contributed by atoms with Gasteiger partial charge in [-0.05, 0) is 5.56 Å². The largest absolute Gasteiger partial charge is 0.340 e. The van der Waals surface area contributed by atoms with E-state index in [-0.39, 0.29) is 11.9 Å². The van der Waals surface area contributed by atoms with Gasteiger partial charge in [0.25, 0.3) is 0 Å². The molecule has 158 valence electrons. The van der Waals surface area contributed by atoms with Crippen molar-refractivity contribution in [2.24, 2.45) is 7.05 Å². The lowest BCUT2D eigenvalue weighted by atomic mass is 10.0. The molecule has 1 aliphatic rings. The summed E-state index contributed by atoms with van der Waals surface area (Å²) in [5, 5.41) is 0. The van der Waals surface area contributed by atoms with Crippen molar-refractivity contribution in [3.63, 3.8) is 0 Å². The molecular weight excluding hydrogens is 376 g/mol.